The van der Waals surface area contributed by atoms with Crippen molar-refractivity contribution in [2.24, 2.45) is 5.92 Å². The Morgan fingerprint density at radius 2 is 1.96 bits per heavy atom. The molecule has 150 valence electrons. The maximum Gasteiger partial charge on any atom is 0.238 e. The highest BCUT2D eigenvalue weighted by atomic mass is 16.5. The predicted molar refractivity (Wildman–Crippen MR) is 110 cm³/mol. The lowest BCUT2D eigenvalue weighted by Gasteiger charge is -2.30. The van der Waals surface area contributed by atoms with Crippen LogP contribution in [0.3, 0.4) is 0 Å². The van der Waals surface area contributed by atoms with Crippen LogP contribution in [-0.2, 0) is 16.1 Å². The summed E-state index contributed by atoms with van der Waals surface area (Å²) in [5, 5.41) is 3.07. The average Bonchev–Trinajstić information content (AvgIpc) is 3.24. The summed E-state index contributed by atoms with van der Waals surface area (Å²) in [5.41, 5.74) is 1.90. The van der Waals surface area contributed by atoms with Gasteiger partial charge in [0.15, 0.2) is 0 Å². The summed E-state index contributed by atoms with van der Waals surface area (Å²) in [4.78, 5) is 16.8. The van der Waals surface area contributed by atoms with Gasteiger partial charge in [-0.25, -0.2) is 0 Å². The molecule has 0 unspecified atom stereocenters. The van der Waals surface area contributed by atoms with E-state index in [2.05, 4.69) is 23.2 Å². The van der Waals surface area contributed by atoms with E-state index < -0.39 is 0 Å². The second kappa shape index (κ2) is 8.37. The SMILES string of the molecule is C[C@@H]1C[C@H]1c1ccc(CN(C)CC(=O)Nc2ccccc2N2CCOCC2)o1. The van der Waals surface area contributed by atoms with Crippen molar-refractivity contribution in [1.82, 2.24) is 4.90 Å². The number of morpholine rings is 1. The summed E-state index contributed by atoms with van der Waals surface area (Å²) in [6.45, 7) is 6.30. The number of hydrogen-bond donors (Lipinski definition) is 1. The standard InChI is InChI=1S/C22H29N3O3/c1-16-13-18(16)21-8-7-17(28-21)14-24(2)15-22(26)23-19-5-3-4-6-20(19)25-9-11-27-12-10-25/h3-8,16,18H,9-15H2,1-2H3,(H,23,26)/t16-,18-/m1/s1. The number of nitrogens with zero attached hydrogens (tertiary/aromatic N) is 2. The third-order valence-corrected chi connectivity index (χ3v) is 5.53. The molecular formula is C22H29N3O3. The quantitative estimate of drug-likeness (QED) is 0.795. The minimum Gasteiger partial charge on any atom is -0.464 e. The van der Waals surface area contributed by atoms with Gasteiger partial charge in [0.2, 0.25) is 5.91 Å². The lowest BCUT2D eigenvalue weighted by Crippen LogP contribution is -2.37. The summed E-state index contributed by atoms with van der Waals surface area (Å²) < 4.78 is 11.4. The smallest absolute Gasteiger partial charge is 0.238 e. The first-order valence-electron chi connectivity index (χ1n) is 10.1. The minimum absolute atomic E-state index is 0.0224. The Kier molecular flexibility index (Phi) is 5.69. The molecule has 1 saturated heterocycles. The summed E-state index contributed by atoms with van der Waals surface area (Å²) in [7, 11) is 1.94. The number of carbonyl (C=O) groups is 1. The van der Waals surface area contributed by atoms with E-state index in [1.54, 1.807) is 0 Å². The zero-order chi connectivity index (χ0) is 19.5. The molecule has 2 atom stereocenters. The number of nitrogens with one attached hydrogen (secondary N) is 1. The van der Waals surface area contributed by atoms with Crippen molar-refractivity contribution in [3.05, 3.63) is 47.9 Å². The number of furan rings is 1. The Bertz CT molecular complexity index is 813. The maximum atomic E-state index is 12.6. The minimum atomic E-state index is -0.0224. The van der Waals surface area contributed by atoms with E-state index >= 15 is 0 Å². The van der Waals surface area contributed by atoms with E-state index in [-0.39, 0.29) is 5.91 Å². The summed E-state index contributed by atoms with van der Waals surface area (Å²) in [6.07, 6.45) is 1.22. The highest BCUT2D eigenvalue weighted by Gasteiger charge is 2.36. The molecule has 2 heterocycles. The monoisotopic (exact) mass is 383 g/mol. The lowest BCUT2D eigenvalue weighted by atomic mass is 10.2. The molecule has 1 saturated carbocycles. The molecule has 0 spiro atoms. The lowest BCUT2D eigenvalue weighted by molar-refractivity contribution is -0.117. The number of hydrogen-bond acceptors (Lipinski definition) is 5. The molecule has 2 aromatic rings. The molecule has 1 N–H and O–H groups in total. The molecule has 2 aliphatic rings. The normalized spacial score (nSPS) is 21.8. The van der Waals surface area contributed by atoms with Crippen LogP contribution in [0.15, 0.2) is 40.8 Å². The second-order valence-electron chi connectivity index (χ2n) is 7.96. The summed E-state index contributed by atoms with van der Waals surface area (Å²) in [6, 6.07) is 12.1. The molecule has 2 fully saturated rings. The van der Waals surface area contributed by atoms with E-state index in [1.165, 1.54) is 6.42 Å². The van der Waals surface area contributed by atoms with Gasteiger partial charge in [0.05, 0.1) is 37.7 Å². The van der Waals surface area contributed by atoms with Gasteiger partial charge >= 0.3 is 0 Å². The summed E-state index contributed by atoms with van der Waals surface area (Å²) >= 11 is 0. The van der Waals surface area contributed by atoms with Crippen LogP contribution in [0.25, 0.3) is 0 Å². The first kappa shape index (κ1) is 19.0. The molecule has 4 rings (SSSR count). The van der Waals surface area contributed by atoms with E-state index in [9.17, 15) is 4.79 Å². The first-order chi connectivity index (χ1) is 13.6. The van der Waals surface area contributed by atoms with Crippen molar-refractivity contribution < 1.29 is 13.9 Å². The Morgan fingerprint density at radius 1 is 1.21 bits per heavy atom. The van der Waals surface area contributed by atoms with E-state index in [1.807, 2.05) is 42.3 Å². The van der Waals surface area contributed by atoms with Crippen LogP contribution in [0.4, 0.5) is 11.4 Å². The van der Waals surface area contributed by atoms with Gasteiger partial charge in [0, 0.05) is 19.0 Å². The molecule has 6 nitrogen and oxygen atoms in total. The van der Waals surface area contributed by atoms with Crippen molar-refractivity contribution in [3.63, 3.8) is 0 Å². The van der Waals surface area contributed by atoms with Crippen molar-refractivity contribution in [3.8, 4) is 0 Å². The molecule has 1 aromatic heterocycles. The van der Waals surface area contributed by atoms with Crippen LogP contribution >= 0.6 is 0 Å². The zero-order valence-corrected chi connectivity index (χ0v) is 16.7. The number of para-hydroxylation sites is 2. The first-order valence-corrected chi connectivity index (χ1v) is 10.1. The third kappa shape index (κ3) is 4.56. The molecule has 1 aliphatic heterocycles. The van der Waals surface area contributed by atoms with E-state index in [4.69, 9.17) is 9.15 Å². The number of amides is 1. The highest BCUT2D eigenvalue weighted by molar-refractivity contribution is 5.95. The molecule has 28 heavy (non-hydrogen) atoms. The van der Waals surface area contributed by atoms with Crippen molar-refractivity contribution in [2.75, 3.05) is 50.1 Å². The number of likely N-dealkylation sites (N-methyl/N-ethyl adjacent to an activating group) is 1. The van der Waals surface area contributed by atoms with Gasteiger partial charge in [0.1, 0.15) is 11.5 Å². The van der Waals surface area contributed by atoms with Gasteiger partial charge in [-0.05, 0) is 43.7 Å². The molecule has 1 amide bonds. The van der Waals surface area contributed by atoms with Crippen LogP contribution in [-0.4, -0.2) is 50.7 Å². The van der Waals surface area contributed by atoms with Gasteiger partial charge in [-0.3, -0.25) is 9.69 Å². The fourth-order valence-corrected chi connectivity index (χ4v) is 3.81. The zero-order valence-electron chi connectivity index (χ0n) is 16.7. The topological polar surface area (TPSA) is 58.0 Å². The van der Waals surface area contributed by atoms with Crippen LogP contribution in [0, 0.1) is 5.92 Å². The second-order valence-corrected chi connectivity index (χ2v) is 7.96. The number of ether oxygens (including phenoxy) is 1. The Morgan fingerprint density at radius 3 is 2.71 bits per heavy atom. The largest absolute Gasteiger partial charge is 0.464 e. The van der Waals surface area contributed by atoms with Crippen LogP contribution in [0.5, 0.6) is 0 Å². The third-order valence-electron chi connectivity index (χ3n) is 5.53. The number of benzene rings is 1. The average molecular weight is 383 g/mol. The van der Waals surface area contributed by atoms with Crippen LogP contribution in [0.1, 0.15) is 30.8 Å². The molecular weight excluding hydrogens is 354 g/mol. The maximum absolute atomic E-state index is 12.6. The fourth-order valence-electron chi connectivity index (χ4n) is 3.81. The van der Waals surface area contributed by atoms with Gasteiger partial charge < -0.3 is 19.4 Å². The molecule has 0 bridgehead atoms. The number of rotatable bonds is 7. The van der Waals surface area contributed by atoms with Crippen molar-refractivity contribution in [1.29, 1.82) is 0 Å². The summed E-state index contributed by atoms with van der Waals surface area (Å²) in [5.74, 6) is 3.29. The highest BCUT2D eigenvalue weighted by Crippen LogP contribution is 2.47. The number of anilines is 2. The van der Waals surface area contributed by atoms with Gasteiger partial charge in [-0.1, -0.05) is 19.1 Å². The molecule has 1 aromatic carbocycles. The van der Waals surface area contributed by atoms with Crippen molar-refractivity contribution in [2.45, 2.75) is 25.8 Å². The van der Waals surface area contributed by atoms with E-state index in [0.717, 1.165) is 55.1 Å². The number of carbonyl (C=O) groups excluding carboxylic acids is 1. The van der Waals surface area contributed by atoms with E-state index in [0.29, 0.717) is 19.0 Å². The van der Waals surface area contributed by atoms with Gasteiger partial charge in [-0.15, -0.1) is 0 Å². The molecule has 0 radical (unpaired) electrons. The Hall–Kier alpha value is -2.31. The Balaban J connectivity index is 1.32. The predicted octanol–water partition coefficient (Wildman–Crippen LogP) is 3.31. The molecule has 1 aliphatic carbocycles. The Labute approximate surface area is 166 Å². The van der Waals surface area contributed by atoms with Crippen molar-refractivity contribution >= 4 is 17.3 Å². The fraction of sp³-hybridized carbons (Fsp3) is 0.500. The molecule has 6 heteroatoms. The van der Waals surface area contributed by atoms with Crippen LogP contribution in [0.2, 0.25) is 0 Å². The van der Waals surface area contributed by atoms with Gasteiger partial charge in [-0.2, -0.15) is 0 Å². The van der Waals surface area contributed by atoms with Crippen LogP contribution < -0.4 is 10.2 Å². The van der Waals surface area contributed by atoms with Gasteiger partial charge in [0.25, 0.3) is 0 Å².